The Morgan fingerprint density at radius 3 is 1.45 bits per heavy atom. The van der Waals surface area contributed by atoms with Gasteiger partial charge in [-0.15, -0.1) is 0 Å². The Morgan fingerprint density at radius 1 is 0.568 bits per heavy atom. The third-order valence-corrected chi connectivity index (χ3v) is 6.84. The Hall–Kier alpha value is -3.06. The Morgan fingerprint density at radius 2 is 1.00 bits per heavy atom. The summed E-state index contributed by atoms with van der Waals surface area (Å²) in [7, 11) is 0. The Balaban J connectivity index is 3.44. The predicted molar refractivity (Wildman–Crippen MR) is 164 cm³/mol. The molecule has 0 aliphatic heterocycles. The van der Waals surface area contributed by atoms with Crippen LogP contribution >= 0.6 is 0 Å². The molecule has 1 atom stereocenters. The molecular weight excluding hydrogens is 574 g/mol. The zero-order valence-electron chi connectivity index (χ0n) is 26.3. The smallest absolute Gasteiger partial charge is 0.326 e. The zero-order chi connectivity index (χ0) is 32.7. The van der Waals surface area contributed by atoms with Crippen LogP contribution in [0, 0.1) is 0 Å². The quantitative estimate of drug-likeness (QED) is 0.0544. The number of unbranched alkanes of at least 4 members (excludes halogenated alkanes) is 11. The highest BCUT2D eigenvalue weighted by molar-refractivity contribution is 5.87. The van der Waals surface area contributed by atoms with E-state index < -0.39 is 23.9 Å². The predicted octanol–water partition coefficient (Wildman–Crippen LogP) is 3.13. The summed E-state index contributed by atoms with van der Waals surface area (Å²) < 4.78 is 10.8. The first-order valence-corrected chi connectivity index (χ1v) is 16.1. The standard InChI is InChI=1S/C31H55N3O10/c35-21-13-14-26(31(41)42)34-29(38)18-17-28(37)33-20-23-44-25-24-43-22-19-32-27(36)15-11-9-7-5-3-1-2-4-6-8-10-12-16-30(39)40/h21,26H,1-20,22-25H2,(H,32,36)(H,33,37)(H,34,38)(H,39,40)(H,41,42). The molecular formula is C31H55N3O10. The number of amides is 3. The van der Waals surface area contributed by atoms with Crippen LogP contribution in [0.2, 0.25) is 0 Å². The van der Waals surface area contributed by atoms with Gasteiger partial charge in [-0.2, -0.15) is 0 Å². The maximum Gasteiger partial charge on any atom is 0.326 e. The van der Waals surface area contributed by atoms with Gasteiger partial charge in [-0.05, 0) is 19.3 Å². The fraction of sp³-hybridized carbons (Fsp3) is 0.806. The molecule has 0 saturated heterocycles. The number of hydrogen-bond donors (Lipinski definition) is 5. The van der Waals surface area contributed by atoms with Crippen LogP contribution in [0.5, 0.6) is 0 Å². The van der Waals surface area contributed by atoms with E-state index in [4.69, 9.17) is 19.7 Å². The molecule has 0 bridgehead atoms. The normalized spacial score (nSPS) is 11.5. The van der Waals surface area contributed by atoms with Gasteiger partial charge in [-0.25, -0.2) is 4.79 Å². The fourth-order valence-electron chi connectivity index (χ4n) is 4.34. The molecule has 0 aliphatic rings. The molecule has 0 aromatic heterocycles. The first-order valence-electron chi connectivity index (χ1n) is 16.1. The van der Waals surface area contributed by atoms with Crippen LogP contribution in [0.15, 0.2) is 0 Å². The molecule has 0 spiro atoms. The summed E-state index contributed by atoms with van der Waals surface area (Å²) in [6, 6.07) is -1.16. The minimum atomic E-state index is -1.23. The minimum absolute atomic E-state index is 0.00240. The molecule has 0 aromatic carbocycles. The molecule has 1 unspecified atom stereocenters. The summed E-state index contributed by atoms with van der Waals surface area (Å²) in [4.78, 5) is 67.5. The van der Waals surface area contributed by atoms with Gasteiger partial charge in [-0.3, -0.25) is 19.2 Å². The molecule has 44 heavy (non-hydrogen) atoms. The van der Waals surface area contributed by atoms with Crippen molar-refractivity contribution in [1.82, 2.24) is 16.0 Å². The Labute approximate surface area is 261 Å². The molecule has 0 rings (SSSR count). The third-order valence-electron chi connectivity index (χ3n) is 6.84. The van der Waals surface area contributed by atoms with Gasteiger partial charge in [0.2, 0.25) is 17.7 Å². The molecule has 3 amide bonds. The van der Waals surface area contributed by atoms with E-state index in [0.717, 1.165) is 38.5 Å². The van der Waals surface area contributed by atoms with E-state index in [2.05, 4.69) is 16.0 Å². The highest BCUT2D eigenvalue weighted by Gasteiger charge is 2.19. The van der Waals surface area contributed by atoms with Crippen LogP contribution in [0.1, 0.15) is 116 Å². The van der Waals surface area contributed by atoms with Crippen LogP contribution in [0.3, 0.4) is 0 Å². The molecule has 0 radical (unpaired) electrons. The van der Waals surface area contributed by atoms with Crippen molar-refractivity contribution in [3.63, 3.8) is 0 Å². The van der Waals surface area contributed by atoms with Crippen LogP contribution < -0.4 is 16.0 Å². The van der Waals surface area contributed by atoms with Crippen LogP contribution in [0.4, 0.5) is 0 Å². The topological polar surface area (TPSA) is 197 Å². The Kier molecular flexibility index (Phi) is 27.9. The lowest BCUT2D eigenvalue weighted by atomic mass is 10.0. The SMILES string of the molecule is O=CCCC(NC(=O)CCC(=O)NCCOCCOCCNC(=O)CCCCCCCCCCCCCCC(=O)O)C(=O)O. The van der Waals surface area contributed by atoms with Crippen LogP contribution in [-0.2, 0) is 38.2 Å². The first-order chi connectivity index (χ1) is 21.3. The fourth-order valence-corrected chi connectivity index (χ4v) is 4.34. The number of ether oxygens (including phenoxy) is 2. The first kappa shape index (κ1) is 40.9. The molecule has 5 N–H and O–H groups in total. The van der Waals surface area contributed by atoms with Crippen molar-refractivity contribution in [3.8, 4) is 0 Å². The van der Waals surface area contributed by atoms with E-state index in [9.17, 15) is 28.8 Å². The largest absolute Gasteiger partial charge is 0.481 e. The maximum atomic E-state index is 11.9. The summed E-state index contributed by atoms with van der Waals surface area (Å²) in [6.07, 6.45) is 14.5. The number of aliphatic carboxylic acids is 2. The van der Waals surface area contributed by atoms with E-state index in [-0.39, 0.29) is 57.1 Å². The monoisotopic (exact) mass is 629 g/mol. The number of carbonyl (C=O) groups is 6. The third kappa shape index (κ3) is 29.0. The lowest BCUT2D eigenvalue weighted by molar-refractivity contribution is -0.142. The zero-order valence-corrected chi connectivity index (χ0v) is 26.3. The number of carboxylic acids is 2. The average molecular weight is 630 g/mol. The number of carbonyl (C=O) groups excluding carboxylic acids is 4. The number of aldehydes is 1. The van der Waals surface area contributed by atoms with Gasteiger partial charge in [0.25, 0.3) is 0 Å². The molecule has 254 valence electrons. The molecule has 0 saturated carbocycles. The average Bonchev–Trinajstić information content (AvgIpc) is 2.98. The van der Waals surface area contributed by atoms with Crippen molar-refractivity contribution in [2.75, 3.05) is 39.5 Å². The van der Waals surface area contributed by atoms with E-state index in [1.54, 1.807) is 0 Å². The van der Waals surface area contributed by atoms with Crippen LogP contribution in [0.25, 0.3) is 0 Å². The summed E-state index contributed by atoms with van der Waals surface area (Å²) in [5.41, 5.74) is 0. The second-order valence-corrected chi connectivity index (χ2v) is 10.8. The van der Waals surface area contributed by atoms with Crippen molar-refractivity contribution >= 4 is 35.9 Å². The van der Waals surface area contributed by atoms with E-state index >= 15 is 0 Å². The highest BCUT2D eigenvalue weighted by Crippen LogP contribution is 2.13. The van der Waals surface area contributed by atoms with Gasteiger partial charge < -0.3 is 40.4 Å². The maximum absolute atomic E-state index is 11.9. The molecule has 0 aromatic rings. The summed E-state index contributed by atoms with van der Waals surface area (Å²) in [5, 5.41) is 25.4. The van der Waals surface area contributed by atoms with Crippen molar-refractivity contribution in [3.05, 3.63) is 0 Å². The van der Waals surface area contributed by atoms with Crippen molar-refractivity contribution in [1.29, 1.82) is 0 Å². The van der Waals surface area contributed by atoms with Gasteiger partial charge >= 0.3 is 11.9 Å². The van der Waals surface area contributed by atoms with Gasteiger partial charge in [0, 0.05) is 45.2 Å². The van der Waals surface area contributed by atoms with Crippen molar-refractivity contribution < 1.29 is 48.5 Å². The molecule has 0 aliphatic carbocycles. The number of nitrogens with one attached hydrogen (secondary N) is 3. The van der Waals surface area contributed by atoms with E-state index in [1.165, 1.54) is 38.5 Å². The lowest BCUT2D eigenvalue weighted by Gasteiger charge is -2.13. The molecule has 13 nitrogen and oxygen atoms in total. The van der Waals surface area contributed by atoms with Crippen molar-refractivity contribution in [2.45, 2.75) is 122 Å². The summed E-state index contributed by atoms with van der Waals surface area (Å²) in [5.74, 6) is -2.84. The highest BCUT2D eigenvalue weighted by atomic mass is 16.5. The van der Waals surface area contributed by atoms with Gasteiger partial charge in [0.15, 0.2) is 0 Å². The van der Waals surface area contributed by atoms with Crippen LogP contribution in [-0.4, -0.2) is 91.7 Å². The summed E-state index contributed by atoms with van der Waals surface area (Å²) in [6.45, 7) is 2.03. The second kappa shape index (κ2) is 30.0. The van der Waals surface area contributed by atoms with Crippen molar-refractivity contribution in [2.24, 2.45) is 0 Å². The second-order valence-electron chi connectivity index (χ2n) is 10.8. The van der Waals surface area contributed by atoms with E-state index in [0.29, 0.717) is 39.1 Å². The number of hydrogen-bond acceptors (Lipinski definition) is 8. The van der Waals surface area contributed by atoms with Gasteiger partial charge in [-0.1, -0.05) is 64.2 Å². The number of carboxylic acid groups (broad SMARTS) is 2. The number of rotatable bonds is 32. The lowest BCUT2D eigenvalue weighted by Crippen LogP contribution is -2.41. The Bertz CT molecular complexity index is 810. The van der Waals surface area contributed by atoms with Gasteiger partial charge in [0.1, 0.15) is 12.3 Å². The minimum Gasteiger partial charge on any atom is -0.481 e. The molecule has 0 heterocycles. The van der Waals surface area contributed by atoms with Gasteiger partial charge in [0.05, 0.1) is 26.4 Å². The molecule has 0 fully saturated rings. The van der Waals surface area contributed by atoms with E-state index in [1.807, 2.05) is 0 Å². The summed E-state index contributed by atoms with van der Waals surface area (Å²) >= 11 is 0. The molecule has 13 heteroatoms.